The van der Waals surface area contributed by atoms with Crippen molar-refractivity contribution in [1.29, 1.82) is 0 Å². The van der Waals surface area contributed by atoms with E-state index in [1.54, 1.807) is 6.07 Å². The summed E-state index contributed by atoms with van der Waals surface area (Å²) in [7, 11) is 0. The quantitative estimate of drug-likeness (QED) is 0.793. The molecule has 0 amide bonds. The fraction of sp³-hybridized carbons (Fsp3) is 0.500. The van der Waals surface area contributed by atoms with Crippen LogP contribution < -0.4 is 5.32 Å². The summed E-state index contributed by atoms with van der Waals surface area (Å²) in [6, 6.07) is 4.16. The van der Waals surface area contributed by atoms with Crippen molar-refractivity contribution in [3.05, 3.63) is 35.4 Å². The Labute approximate surface area is 88.5 Å². The van der Waals surface area contributed by atoms with Crippen LogP contribution in [-0.4, -0.2) is 12.6 Å². The third-order valence-electron chi connectivity index (χ3n) is 3.16. The minimum Gasteiger partial charge on any atom is -0.313 e. The van der Waals surface area contributed by atoms with Gasteiger partial charge in [-0.3, -0.25) is 0 Å². The maximum Gasteiger partial charge on any atom is 0.129 e. The van der Waals surface area contributed by atoms with Crippen LogP contribution in [0.3, 0.4) is 0 Å². The Morgan fingerprint density at radius 1 is 1.40 bits per heavy atom. The van der Waals surface area contributed by atoms with Gasteiger partial charge >= 0.3 is 0 Å². The molecule has 1 nitrogen and oxygen atoms in total. The molecule has 1 aromatic carbocycles. The molecule has 1 aromatic rings. The highest BCUT2D eigenvalue weighted by Gasteiger charge is 2.24. The second-order valence-electron chi connectivity index (χ2n) is 4.16. The molecular weight excluding hydrogens is 196 g/mol. The minimum atomic E-state index is -0.511. The van der Waals surface area contributed by atoms with Gasteiger partial charge in [0.05, 0.1) is 0 Å². The molecule has 1 fully saturated rings. The maximum atomic E-state index is 13.5. The summed E-state index contributed by atoms with van der Waals surface area (Å²) >= 11 is 0. The fourth-order valence-corrected chi connectivity index (χ4v) is 2.23. The molecule has 2 atom stereocenters. The highest BCUT2D eigenvalue weighted by atomic mass is 19.1. The zero-order valence-corrected chi connectivity index (χ0v) is 8.76. The molecule has 0 saturated carbocycles. The van der Waals surface area contributed by atoms with Crippen LogP contribution in [-0.2, 0) is 0 Å². The molecule has 0 aliphatic carbocycles. The third kappa shape index (κ3) is 2.17. The first-order chi connectivity index (χ1) is 7.18. The van der Waals surface area contributed by atoms with Crippen LogP contribution in [0.1, 0.15) is 31.2 Å². The van der Waals surface area contributed by atoms with Crippen molar-refractivity contribution in [2.45, 2.75) is 31.7 Å². The predicted octanol–water partition coefficient (Wildman–Crippen LogP) is 2.82. The average Bonchev–Trinajstić information content (AvgIpc) is 2.69. The summed E-state index contributed by atoms with van der Waals surface area (Å²) in [5, 5.41) is 3.34. The van der Waals surface area contributed by atoms with E-state index >= 15 is 0 Å². The Kier molecular flexibility index (Phi) is 3.00. The number of hydrogen-bond acceptors (Lipinski definition) is 1. The van der Waals surface area contributed by atoms with Crippen molar-refractivity contribution in [3.8, 4) is 0 Å². The first-order valence-corrected chi connectivity index (χ1v) is 5.37. The molecule has 1 heterocycles. The second-order valence-corrected chi connectivity index (χ2v) is 4.16. The molecule has 0 aromatic heterocycles. The SMILES string of the molecule is CC(c1ccc(F)cc1F)C1CCCN1. The predicted molar refractivity (Wildman–Crippen MR) is 55.8 cm³/mol. The molecule has 0 bridgehead atoms. The van der Waals surface area contributed by atoms with E-state index in [2.05, 4.69) is 5.32 Å². The molecule has 3 heteroatoms. The lowest BCUT2D eigenvalue weighted by molar-refractivity contribution is 0.487. The molecular formula is C12H15F2N. The fourth-order valence-electron chi connectivity index (χ4n) is 2.23. The Morgan fingerprint density at radius 3 is 2.80 bits per heavy atom. The second kappa shape index (κ2) is 4.27. The van der Waals surface area contributed by atoms with Gasteiger partial charge in [0.25, 0.3) is 0 Å². The first-order valence-electron chi connectivity index (χ1n) is 5.37. The number of halogens is 2. The van der Waals surface area contributed by atoms with Gasteiger partial charge in [0.15, 0.2) is 0 Å². The lowest BCUT2D eigenvalue weighted by Gasteiger charge is -2.20. The lowest BCUT2D eigenvalue weighted by Crippen LogP contribution is -2.27. The van der Waals surface area contributed by atoms with Crippen LogP contribution in [0.25, 0.3) is 0 Å². The Bertz CT molecular complexity index is 345. The van der Waals surface area contributed by atoms with Crippen LogP contribution in [0.4, 0.5) is 8.78 Å². The van der Waals surface area contributed by atoms with E-state index in [1.165, 1.54) is 6.07 Å². The van der Waals surface area contributed by atoms with Crippen LogP contribution in [0.15, 0.2) is 18.2 Å². The largest absolute Gasteiger partial charge is 0.313 e. The Balaban J connectivity index is 2.20. The van der Waals surface area contributed by atoms with Gasteiger partial charge in [-0.1, -0.05) is 13.0 Å². The molecule has 2 rings (SSSR count). The topological polar surface area (TPSA) is 12.0 Å². The van der Waals surface area contributed by atoms with Gasteiger partial charge < -0.3 is 5.32 Å². The van der Waals surface area contributed by atoms with E-state index in [1.807, 2.05) is 6.92 Å². The number of nitrogens with one attached hydrogen (secondary N) is 1. The normalized spacial score (nSPS) is 23.0. The summed E-state index contributed by atoms with van der Waals surface area (Å²) in [6.07, 6.45) is 2.20. The van der Waals surface area contributed by atoms with E-state index in [4.69, 9.17) is 0 Å². The van der Waals surface area contributed by atoms with Gasteiger partial charge in [-0.2, -0.15) is 0 Å². The minimum absolute atomic E-state index is 0.105. The summed E-state index contributed by atoms with van der Waals surface area (Å²) < 4.78 is 26.2. The van der Waals surface area contributed by atoms with Gasteiger partial charge in [-0.15, -0.1) is 0 Å². The van der Waals surface area contributed by atoms with Gasteiger partial charge in [0, 0.05) is 12.1 Å². The average molecular weight is 211 g/mol. The van der Waals surface area contributed by atoms with Crippen molar-refractivity contribution in [2.24, 2.45) is 0 Å². The zero-order valence-electron chi connectivity index (χ0n) is 8.76. The van der Waals surface area contributed by atoms with E-state index < -0.39 is 11.6 Å². The van der Waals surface area contributed by atoms with Crippen molar-refractivity contribution < 1.29 is 8.78 Å². The van der Waals surface area contributed by atoms with Crippen LogP contribution >= 0.6 is 0 Å². The summed E-state index contributed by atoms with van der Waals surface area (Å²) in [4.78, 5) is 0. The van der Waals surface area contributed by atoms with Crippen molar-refractivity contribution in [1.82, 2.24) is 5.32 Å². The highest BCUT2D eigenvalue weighted by Crippen LogP contribution is 2.27. The van der Waals surface area contributed by atoms with E-state index in [0.29, 0.717) is 11.6 Å². The molecule has 2 unspecified atom stereocenters. The monoisotopic (exact) mass is 211 g/mol. The Hall–Kier alpha value is -0.960. The molecule has 82 valence electrons. The van der Waals surface area contributed by atoms with Crippen LogP contribution in [0.2, 0.25) is 0 Å². The van der Waals surface area contributed by atoms with Gasteiger partial charge in [-0.05, 0) is 36.9 Å². The van der Waals surface area contributed by atoms with Crippen LogP contribution in [0.5, 0.6) is 0 Å². The molecule has 1 aliphatic rings. The van der Waals surface area contributed by atoms with Gasteiger partial charge in [0.1, 0.15) is 11.6 Å². The van der Waals surface area contributed by atoms with Crippen molar-refractivity contribution in [3.63, 3.8) is 0 Å². The van der Waals surface area contributed by atoms with Gasteiger partial charge in [0.2, 0.25) is 0 Å². The summed E-state index contributed by atoms with van der Waals surface area (Å²) in [5.41, 5.74) is 0.607. The van der Waals surface area contributed by atoms with Gasteiger partial charge in [-0.25, -0.2) is 8.78 Å². The molecule has 1 saturated heterocycles. The lowest BCUT2D eigenvalue weighted by atomic mass is 9.92. The maximum absolute atomic E-state index is 13.5. The van der Waals surface area contributed by atoms with Crippen molar-refractivity contribution in [2.75, 3.05) is 6.54 Å². The molecule has 1 N–H and O–H groups in total. The number of benzene rings is 1. The highest BCUT2D eigenvalue weighted by molar-refractivity contribution is 5.23. The standard InChI is InChI=1S/C12H15F2N/c1-8(12-3-2-6-15-12)10-5-4-9(13)7-11(10)14/h4-5,7-8,12,15H,2-3,6H2,1H3. The first kappa shape index (κ1) is 10.6. The third-order valence-corrected chi connectivity index (χ3v) is 3.16. The van der Waals surface area contributed by atoms with E-state index in [-0.39, 0.29) is 5.92 Å². The number of hydrogen-bond donors (Lipinski definition) is 1. The van der Waals surface area contributed by atoms with Crippen LogP contribution in [0, 0.1) is 11.6 Å². The van der Waals surface area contributed by atoms with E-state index in [9.17, 15) is 8.78 Å². The van der Waals surface area contributed by atoms with Crippen molar-refractivity contribution >= 4 is 0 Å². The summed E-state index contributed by atoms with van der Waals surface area (Å²) in [5.74, 6) is -0.841. The molecule has 15 heavy (non-hydrogen) atoms. The molecule has 0 radical (unpaired) electrons. The molecule has 1 aliphatic heterocycles. The molecule has 0 spiro atoms. The smallest absolute Gasteiger partial charge is 0.129 e. The van der Waals surface area contributed by atoms with E-state index in [0.717, 1.165) is 25.5 Å². The zero-order chi connectivity index (χ0) is 10.8. The Morgan fingerprint density at radius 2 is 2.20 bits per heavy atom. The number of rotatable bonds is 2. The summed E-state index contributed by atoms with van der Waals surface area (Å²) in [6.45, 7) is 2.98.